The third kappa shape index (κ3) is 2.60. The SMILES string of the molecule is O=C(Cn1c(CCl)nc2c(F)cc(F)cc21)N1CCCC1. The zero-order chi connectivity index (χ0) is 15.0. The topological polar surface area (TPSA) is 38.1 Å². The van der Waals surface area contributed by atoms with Crippen molar-refractivity contribution in [3.8, 4) is 0 Å². The molecule has 0 unspecified atom stereocenters. The molecule has 1 saturated heterocycles. The van der Waals surface area contributed by atoms with Crippen molar-refractivity contribution in [2.45, 2.75) is 25.3 Å². The van der Waals surface area contributed by atoms with Crippen LogP contribution in [0.15, 0.2) is 12.1 Å². The summed E-state index contributed by atoms with van der Waals surface area (Å²) in [5, 5.41) is 0. The number of carbonyl (C=O) groups is 1. The van der Waals surface area contributed by atoms with Gasteiger partial charge in [-0.2, -0.15) is 0 Å². The molecule has 3 rings (SSSR count). The van der Waals surface area contributed by atoms with Crippen LogP contribution in [0.1, 0.15) is 18.7 Å². The van der Waals surface area contributed by atoms with Crippen LogP contribution >= 0.6 is 11.6 Å². The largest absolute Gasteiger partial charge is 0.341 e. The Morgan fingerprint density at radius 2 is 2.00 bits per heavy atom. The minimum atomic E-state index is -0.747. The lowest BCUT2D eigenvalue weighted by Crippen LogP contribution is -2.31. The third-order valence-corrected chi connectivity index (χ3v) is 3.96. The molecule has 1 amide bonds. The summed E-state index contributed by atoms with van der Waals surface area (Å²) in [7, 11) is 0. The first kappa shape index (κ1) is 14.3. The molecule has 0 radical (unpaired) electrons. The normalized spacial score (nSPS) is 15.1. The highest BCUT2D eigenvalue weighted by Gasteiger charge is 2.22. The molecule has 2 heterocycles. The van der Waals surface area contributed by atoms with E-state index in [0.717, 1.165) is 32.0 Å². The molecule has 1 aliphatic heterocycles. The van der Waals surface area contributed by atoms with E-state index in [1.54, 1.807) is 4.90 Å². The molecule has 1 aromatic carbocycles. The number of hydrogen-bond donors (Lipinski definition) is 0. The van der Waals surface area contributed by atoms with Gasteiger partial charge in [-0.3, -0.25) is 4.79 Å². The number of rotatable bonds is 3. The van der Waals surface area contributed by atoms with Crippen LogP contribution in [-0.2, 0) is 17.2 Å². The minimum absolute atomic E-state index is 0.00144. The van der Waals surface area contributed by atoms with Crippen molar-refractivity contribution in [2.24, 2.45) is 0 Å². The van der Waals surface area contributed by atoms with Crippen molar-refractivity contribution in [1.29, 1.82) is 0 Å². The number of nitrogens with zero attached hydrogens (tertiary/aromatic N) is 3. The van der Waals surface area contributed by atoms with Gasteiger partial charge in [0.15, 0.2) is 5.82 Å². The van der Waals surface area contributed by atoms with Gasteiger partial charge in [0, 0.05) is 19.2 Å². The van der Waals surface area contributed by atoms with Crippen molar-refractivity contribution < 1.29 is 13.6 Å². The van der Waals surface area contributed by atoms with Crippen molar-refractivity contribution in [3.05, 3.63) is 29.6 Å². The van der Waals surface area contributed by atoms with E-state index in [2.05, 4.69) is 4.98 Å². The van der Waals surface area contributed by atoms with Crippen LogP contribution in [0, 0.1) is 11.6 Å². The second kappa shape index (κ2) is 5.60. The molecule has 4 nitrogen and oxygen atoms in total. The number of fused-ring (bicyclic) bond motifs is 1. The summed E-state index contributed by atoms with van der Waals surface area (Å²) in [4.78, 5) is 18.1. The number of alkyl halides is 1. The maximum Gasteiger partial charge on any atom is 0.242 e. The number of likely N-dealkylation sites (tertiary alicyclic amines) is 1. The maximum atomic E-state index is 13.8. The second-order valence-corrected chi connectivity index (χ2v) is 5.36. The molecule has 7 heteroatoms. The molecule has 0 N–H and O–H groups in total. The van der Waals surface area contributed by atoms with E-state index in [9.17, 15) is 13.6 Å². The number of hydrogen-bond acceptors (Lipinski definition) is 2. The number of imidazole rings is 1. The van der Waals surface area contributed by atoms with Crippen LogP contribution < -0.4 is 0 Å². The highest BCUT2D eigenvalue weighted by molar-refractivity contribution is 6.16. The zero-order valence-corrected chi connectivity index (χ0v) is 12.0. The first-order valence-electron chi connectivity index (χ1n) is 6.78. The Bertz CT molecular complexity index is 695. The van der Waals surface area contributed by atoms with E-state index >= 15 is 0 Å². The Hall–Kier alpha value is -1.69. The minimum Gasteiger partial charge on any atom is -0.341 e. The lowest BCUT2D eigenvalue weighted by molar-refractivity contribution is -0.130. The van der Waals surface area contributed by atoms with Crippen LogP contribution in [0.4, 0.5) is 8.78 Å². The highest BCUT2D eigenvalue weighted by atomic mass is 35.5. The second-order valence-electron chi connectivity index (χ2n) is 5.09. The van der Waals surface area contributed by atoms with Crippen molar-refractivity contribution in [1.82, 2.24) is 14.5 Å². The molecule has 0 bridgehead atoms. The van der Waals surface area contributed by atoms with Gasteiger partial charge in [-0.1, -0.05) is 0 Å². The molecule has 0 spiro atoms. The monoisotopic (exact) mass is 313 g/mol. The van der Waals surface area contributed by atoms with Gasteiger partial charge in [-0.25, -0.2) is 13.8 Å². The van der Waals surface area contributed by atoms with Crippen LogP contribution in [0.25, 0.3) is 11.0 Å². The van der Waals surface area contributed by atoms with Crippen LogP contribution in [0.5, 0.6) is 0 Å². The van der Waals surface area contributed by atoms with Gasteiger partial charge in [-0.15, -0.1) is 11.6 Å². The van der Waals surface area contributed by atoms with Gasteiger partial charge in [0.05, 0.1) is 11.4 Å². The van der Waals surface area contributed by atoms with Gasteiger partial charge in [-0.05, 0) is 18.9 Å². The number of amides is 1. The molecular formula is C14H14ClF2N3O. The fourth-order valence-corrected chi connectivity index (χ4v) is 2.88. The summed E-state index contributed by atoms with van der Waals surface area (Å²) in [5.41, 5.74) is 0.303. The summed E-state index contributed by atoms with van der Waals surface area (Å²) >= 11 is 5.81. The molecular weight excluding hydrogens is 300 g/mol. The summed E-state index contributed by atoms with van der Waals surface area (Å²) in [6.45, 7) is 1.45. The smallest absolute Gasteiger partial charge is 0.242 e. The third-order valence-electron chi connectivity index (χ3n) is 3.72. The summed E-state index contributed by atoms with van der Waals surface area (Å²) in [5.74, 6) is -1.13. The van der Waals surface area contributed by atoms with E-state index < -0.39 is 11.6 Å². The highest BCUT2D eigenvalue weighted by Crippen LogP contribution is 2.22. The first-order chi connectivity index (χ1) is 10.1. The Morgan fingerprint density at radius 1 is 1.29 bits per heavy atom. The molecule has 2 aromatic rings. The van der Waals surface area contributed by atoms with Gasteiger partial charge in [0.25, 0.3) is 0 Å². The van der Waals surface area contributed by atoms with E-state index in [-0.39, 0.29) is 29.4 Å². The first-order valence-corrected chi connectivity index (χ1v) is 7.31. The van der Waals surface area contributed by atoms with Gasteiger partial charge < -0.3 is 9.47 Å². The van der Waals surface area contributed by atoms with Crippen molar-refractivity contribution >= 4 is 28.5 Å². The number of halogens is 3. The number of aromatic nitrogens is 2. The molecule has 1 aliphatic rings. The van der Waals surface area contributed by atoms with Gasteiger partial charge >= 0.3 is 0 Å². The average molecular weight is 314 g/mol. The molecule has 1 fully saturated rings. The Labute approximate surface area is 125 Å². The summed E-state index contributed by atoms with van der Waals surface area (Å²) in [6.07, 6.45) is 1.98. The quantitative estimate of drug-likeness (QED) is 0.817. The lowest BCUT2D eigenvalue weighted by atomic mass is 10.3. The number of carbonyl (C=O) groups excluding carboxylic acids is 1. The molecule has 21 heavy (non-hydrogen) atoms. The molecule has 0 saturated carbocycles. The molecule has 1 aromatic heterocycles. The average Bonchev–Trinajstić information content (AvgIpc) is 3.07. The fraction of sp³-hybridized carbons (Fsp3) is 0.429. The zero-order valence-electron chi connectivity index (χ0n) is 11.3. The Morgan fingerprint density at radius 3 is 2.67 bits per heavy atom. The standard InChI is InChI=1S/C14H14ClF2N3O/c15-7-12-18-14-10(17)5-9(16)6-11(14)20(12)8-13(21)19-3-1-2-4-19/h5-6H,1-4,7-8H2. The maximum absolute atomic E-state index is 13.8. The molecule has 0 aliphatic carbocycles. The van der Waals surface area contributed by atoms with Crippen LogP contribution in [0.3, 0.4) is 0 Å². The van der Waals surface area contributed by atoms with E-state index in [4.69, 9.17) is 11.6 Å². The Kier molecular flexibility index (Phi) is 3.80. The number of benzene rings is 1. The van der Waals surface area contributed by atoms with Crippen LogP contribution in [-0.4, -0.2) is 33.4 Å². The van der Waals surface area contributed by atoms with Crippen molar-refractivity contribution in [2.75, 3.05) is 13.1 Å². The fourth-order valence-electron chi connectivity index (χ4n) is 2.68. The van der Waals surface area contributed by atoms with E-state index in [1.165, 1.54) is 10.6 Å². The summed E-state index contributed by atoms with van der Waals surface area (Å²) in [6, 6.07) is 1.96. The Balaban J connectivity index is 2.01. The summed E-state index contributed by atoms with van der Waals surface area (Å²) < 4.78 is 28.7. The van der Waals surface area contributed by atoms with E-state index in [0.29, 0.717) is 5.82 Å². The predicted octanol–water partition coefficient (Wildman–Crippen LogP) is 2.68. The molecule has 112 valence electrons. The predicted molar refractivity (Wildman–Crippen MR) is 75.0 cm³/mol. The van der Waals surface area contributed by atoms with Gasteiger partial charge in [0.2, 0.25) is 5.91 Å². The lowest BCUT2D eigenvalue weighted by Gasteiger charge is -2.16. The van der Waals surface area contributed by atoms with Gasteiger partial charge in [0.1, 0.15) is 23.7 Å². The molecule has 0 atom stereocenters. The van der Waals surface area contributed by atoms with Crippen molar-refractivity contribution in [3.63, 3.8) is 0 Å². The van der Waals surface area contributed by atoms with E-state index in [1.807, 2.05) is 0 Å². The van der Waals surface area contributed by atoms with Crippen LogP contribution in [0.2, 0.25) is 0 Å².